The Labute approximate surface area is 193 Å². The molecule has 0 unspecified atom stereocenters. The van der Waals surface area contributed by atoms with E-state index in [4.69, 9.17) is 27.9 Å². The Morgan fingerprint density at radius 2 is 2.00 bits per heavy atom. The lowest BCUT2D eigenvalue weighted by Crippen LogP contribution is -2.28. The number of thioether (sulfide) groups is 1. The number of ether oxygens (including phenoxy) is 1. The molecule has 1 amide bonds. The monoisotopic (exact) mass is 512 g/mol. The molecule has 1 fully saturated rings. The largest absolute Gasteiger partial charge is 0.488 e. The van der Waals surface area contributed by atoms with Crippen LogP contribution in [-0.2, 0) is 11.4 Å². The Morgan fingerprint density at radius 3 is 2.66 bits per heavy atom. The fraction of sp³-hybridized carbons (Fsp3) is 0.238. The van der Waals surface area contributed by atoms with Gasteiger partial charge >= 0.3 is 0 Å². The summed E-state index contributed by atoms with van der Waals surface area (Å²) in [5, 5.41) is 1.91. The van der Waals surface area contributed by atoms with E-state index in [0.717, 1.165) is 20.8 Å². The molecule has 29 heavy (non-hydrogen) atoms. The van der Waals surface area contributed by atoms with Gasteiger partial charge in [0.25, 0.3) is 5.91 Å². The van der Waals surface area contributed by atoms with Gasteiger partial charge in [-0.05, 0) is 77.4 Å². The molecule has 3 rings (SSSR count). The predicted octanol–water partition coefficient (Wildman–Crippen LogP) is 6.65. The summed E-state index contributed by atoms with van der Waals surface area (Å²) in [6.45, 7) is 5.48. The van der Waals surface area contributed by atoms with Gasteiger partial charge in [-0.3, -0.25) is 14.7 Å². The van der Waals surface area contributed by atoms with Gasteiger partial charge in [-0.15, -0.1) is 0 Å². The average Bonchev–Trinajstić information content (AvgIpc) is 2.97. The number of likely N-dealkylation sites (N-methyl/N-ethyl adjacent to an activating group) is 1. The zero-order chi connectivity index (χ0) is 21.0. The second-order valence-corrected chi connectivity index (χ2v) is 8.84. The molecule has 0 radical (unpaired) electrons. The highest BCUT2D eigenvalue weighted by molar-refractivity contribution is 9.10. The molecule has 152 valence electrons. The van der Waals surface area contributed by atoms with Crippen molar-refractivity contribution < 1.29 is 9.53 Å². The Balaban J connectivity index is 1.75. The Kier molecular flexibility index (Phi) is 7.68. The van der Waals surface area contributed by atoms with E-state index in [1.54, 1.807) is 17.0 Å². The van der Waals surface area contributed by atoms with Crippen LogP contribution in [-0.4, -0.2) is 29.1 Å². The maximum atomic E-state index is 12.6. The van der Waals surface area contributed by atoms with Crippen molar-refractivity contribution >= 4 is 68.0 Å². The van der Waals surface area contributed by atoms with Crippen LogP contribution in [0.4, 0.5) is 0 Å². The van der Waals surface area contributed by atoms with Crippen LogP contribution in [0.3, 0.4) is 0 Å². The van der Waals surface area contributed by atoms with Crippen LogP contribution in [0, 0.1) is 0 Å². The molecule has 0 aromatic heterocycles. The minimum atomic E-state index is -0.0153. The first-order valence-corrected chi connectivity index (χ1v) is 11.4. The van der Waals surface area contributed by atoms with Gasteiger partial charge in [-0.2, -0.15) is 0 Å². The predicted molar refractivity (Wildman–Crippen MR) is 126 cm³/mol. The summed E-state index contributed by atoms with van der Waals surface area (Å²) < 4.78 is 6.67. The summed E-state index contributed by atoms with van der Waals surface area (Å²) in [7, 11) is 0. The Morgan fingerprint density at radius 1 is 1.21 bits per heavy atom. The molecule has 1 saturated heterocycles. The summed E-state index contributed by atoms with van der Waals surface area (Å²) in [6.07, 6.45) is 1.87. The number of hydrogen-bond donors (Lipinski definition) is 0. The van der Waals surface area contributed by atoms with Crippen LogP contribution in [0.2, 0.25) is 10.0 Å². The number of benzene rings is 2. The molecule has 2 aromatic carbocycles. The smallest absolute Gasteiger partial charge is 0.266 e. The standard InChI is InChI=1S/C21H19BrCl2N2O2S/c1-3-25-21-26(4-2)20(27)19(29-21)10-13-5-8-18(16(22)9-13)28-12-14-6-7-15(23)11-17(14)24/h5-11H,3-4,12H2,1-2H3/b19-10+,25-21?. The van der Waals surface area contributed by atoms with Crippen molar-refractivity contribution in [3.05, 3.63) is 66.9 Å². The summed E-state index contributed by atoms with van der Waals surface area (Å²) >= 11 is 17.1. The molecular formula is C21H19BrCl2N2O2S. The van der Waals surface area contributed by atoms with E-state index in [-0.39, 0.29) is 5.91 Å². The number of amidine groups is 1. The number of halogens is 3. The molecule has 0 saturated carbocycles. The number of carbonyl (C=O) groups excluding carboxylic acids is 1. The topological polar surface area (TPSA) is 41.9 Å². The van der Waals surface area contributed by atoms with E-state index in [1.165, 1.54) is 11.8 Å². The molecule has 0 atom stereocenters. The van der Waals surface area contributed by atoms with E-state index in [1.807, 2.05) is 44.2 Å². The summed E-state index contributed by atoms with van der Waals surface area (Å²) in [5.74, 6) is 0.672. The molecule has 4 nitrogen and oxygen atoms in total. The first kappa shape index (κ1) is 22.2. The number of rotatable bonds is 6. The lowest BCUT2D eigenvalue weighted by atomic mass is 10.2. The normalized spacial score (nSPS) is 16.9. The lowest BCUT2D eigenvalue weighted by Gasteiger charge is -2.11. The van der Waals surface area contributed by atoms with Gasteiger partial charge in [0.1, 0.15) is 12.4 Å². The molecular weight excluding hydrogens is 495 g/mol. The highest BCUT2D eigenvalue weighted by atomic mass is 79.9. The third kappa shape index (κ3) is 5.37. The molecule has 8 heteroatoms. The number of aliphatic imine (C=N–C) groups is 1. The summed E-state index contributed by atoms with van der Waals surface area (Å²) in [6, 6.07) is 11.0. The van der Waals surface area contributed by atoms with Gasteiger partial charge in [-0.25, -0.2) is 0 Å². The van der Waals surface area contributed by atoms with Gasteiger partial charge in [0, 0.05) is 28.7 Å². The molecule has 2 aromatic rings. The van der Waals surface area contributed by atoms with E-state index in [9.17, 15) is 4.79 Å². The van der Waals surface area contributed by atoms with Crippen molar-refractivity contribution in [2.24, 2.45) is 4.99 Å². The minimum absolute atomic E-state index is 0.0153. The van der Waals surface area contributed by atoms with Crippen molar-refractivity contribution in [1.82, 2.24) is 4.90 Å². The summed E-state index contributed by atoms with van der Waals surface area (Å²) in [5.41, 5.74) is 1.75. The Hall–Kier alpha value is -1.47. The maximum absolute atomic E-state index is 12.6. The van der Waals surface area contributed by atoms with Gasteiger partial charge in [-0.1, -0.05) is 35.3 Å². The van der Waals surface area contributed by atoms with Crippen LogP contribution >= 0.6 is 50.9 Å². The number of amides is 1. The zero-order valence-corrected chi connectivity index (χ0v) is 19.8. The molecule has 0 aliphatic carbocycles. The highest BCUT2D eigenvalue weighted by Crippen LogP contribution is 2.34. The molecule has 1 aliphatic heterocycles. The second kappa shape index (κ2) is 10.0. The van der Waals surface area contributed by atoms with Crippen molar-refractivity contribution in [3.63, 3.8) is 0 Å². The van der Waals surface area contributed by atoms with Crippen molar-refractivity contribution in [2.45, 2.75) is 20.5 Å². The van der Waals surface area contributed by atoms with Crippen LogP contribution in [0.5, 0.6) is 5.75 Å². The number of carbonyl (C=O) groups is 1. The molecule has 1 heterocycles. The molecule has 0 bridgehead atoms. The fourth-order valence-electron chi connectivity index (χ4n) is 2.71. The van der Waals surface area contributed by atoms with E-state index in [0.29, 0.717) is 40.4 Å². The summed E-state index contributed by atoms with van der Waals surface area (Å²) in [4.78, 5) is 19.4. The van der Waals surface area contributed by atoms with Gasteiger partial charge in [0.05, 0.1) is 9.38 Å². The minimum Gasteiger partial charge on any atom is -0.488 e. The molecule has 0 spiro atoms. The van der Waals surface area contributed by atoms with Gasteiger partial charge in [0.2, 0.25) is 0 Å². The van der Waals surface area contributed by atoms with Crippen molar-refractivity contribution in [3.8, 4) is 5.75 Å². The maximum Gasteiger partial charge on any atom is 0.266 e. The lowest BCUT2D eigenvalue weighted by molar-refractivity contribution is -0.122. The second-order valence-electron chi connectivity index (χ2n) is 6.13. The van der Waals surface area contributed by atoms with E-state index in [2.05, 4.69) is 20.9 Å². The quantitative estimate of drug-likeness (QED) is 0.406. The highest BCUT2D eigenvalue weighted by Gasteiger charge is 2.31. The average molecular weight is 514 g/mol. The molecule has 0 N–H and O–H groups in total. The third-order valence-corrected chi connectivity index (χ3v) is 6.40. The fourth-order valence-corrected chi connectivity index (χ4v) is 4.79. The molecule has 1 aliphatic rings. The third-order valence-electron chi connectivity index (χ3n) is 4.15. The zero-order valence-electron chi connectivity index (χ0n) is 15.9. The van der Waals surface area contributed by atoms with Gasteiger partial charge < -0.3 is 4.74 Å². The van der Waals surface area contributed by atoms with E-state index < -0.39 is 0 Å². The van der Waals surface area contributed by atoms with E-state index >= 15 is 0 Å². The van der Waals surface area contributed by atoms with Crippen molar-refractivity contribution in [2.75, 3.05) is 13.1 Å². The van der Waals surface area contributed by atoms with Crippen molar-refractivity contribution in [1.29, 1.82) is 0 Å². The van der Waals surface area contributed by atoms with Gasteiger partial charge in [0.15, 0.2) is 5.17 Å². The SMILES string of the molecule is CCN=C1S/C(=C/c2ccc(OCc3ccc(Cl)cc3Cl)c(Br)c2)C(=O)N1CC. The first-order chi connectivity index (χ1) is 13.9. The number of nitrogens with zero attached hydrogens (tertiary/aromatic N) is 2. The van der Waals surface area contributed by atoms with Crippen LogP contribution < -0.4 is 4.74 Å². The van der Waals surface area contributed by atoms with Crippen LogP contribution in [0.1, 0.15) is 25.0 Å². The van der Waals surface area contributed by atoms with Crippen LogP contribution in [0.15, 0.2) is 50.8 Å². The Bertz CT molecular complexity index is 995. The first-order valence-electron chi connectivity index (χ1n) is 9.05. The van der Waals surface area contributed by atoms with Crippen LogP contribution in [0.25, 0.3) is 6.08 Å². The number of hydrogen-bond acceptors (Lipinski definition) is 4.